The molecule has 0 aliphatic carbocycles. The van der Waals surface area contributed by atoms with E-state index in [9.17, 15) is 4.79 Å². The molecule has 0 aliphatic rings. The maximum absolute atomic E-state index is 12.7. The smallest absolute Gasteiger partial charge is 0.191 e. The van der Waals surface area contributed by atoms with Crippen molar-refractivity contribution in [3.05, 3.63) is 59.9 Å². The van der Waals surface area contributed by atoms with Crippen LogP contribution in [0.3, 0.4) is 0 Å². The van der Waals surface area contributed by atoms with E-state index in [2.05, 4.69) is 10.2 Å². The molecule has 0 atom stereocenters. The summed E-state index contributed by atoms with van der Waals surface area (Å²) in [7, 11) is 4.94. The second kappa shape index (κ2) is 9.27. The van der Waals surface area contributed by atoms with Crippen LogP contribution in [0.2, 0.25) is 0 Å². The van der Waals surface area contributed by atoms with Gasteiger partial charge in [0.25, 0.3) is 0 Å². The van der Waals surface area contributed by atoms with Crippen LogP contribution >= 0.6 is 11.8 Å². The van der Waals surface area contributed by atoms with E-state index in [4.69, 9.17) is 14.2 Å². The molecule has 1 aromatic heterocycles. The van der Waals surface area contributed by atoms with Crippen LogP contribution in [0.1, 0.15) is 16.2 Å². The molecule has 7 nitrogen and oxygen atoms in total. The highest BCUT2D eigenvalue weighted by Gasteiger charge is 2.17. The van der Waals surface area contributed by atoms with E-state index < -0.39 is 0 Å². The van der Waals surface area contributed by atoms with Crippen LogP contribution < -0.4 is 14.2 Å². The van der Waals surface area contributed by atoms with Gasteiger partial charge >= 0.3 is 0 Å². The van der Waals surface area contributed by atoms with Crippen LogP contribution in [0, 0.1) is 0 Å². The van der Waals surface area contributed by atoms with E-state index in [1.165, 1.54) is 18.9 Å². The van der Waals surface area contributed by atoms with Crippen LogP contribution in [0.5, 0.6) is 17.2 Å². The number of rotatable bonds is 9. The van der Waals surface area contributed by atoms with E-state index in [-0.39, 0.29) is 11.5 Å². The molecule has 0 amide bonds. The summed E-state index contributed by atoms with van der Waals surface area (Å²) >= 11 is 1.31. The number of hydrogen-bond acceptors (Lipinski definition) is 7. The van der Waals surface area contributed by atoms with E-state index in [1.54, 1.807) is 25.3 Å². The number of thioether (sulfide) groups is 1. The molecule has 3 rings (SSSR count). The Labute approximate surface area is 167 Å². The van der Waals surface area contributed by atoms with E-state index in [0.29, 0.717) is 34.7 Å². The Morgan fingerprint density at radius 2 is 1.82 bits per heavy atom. The van der Waals surface area contributed by atoms with E-state index in [0.717, 1.165) is 5.75 Å². The second-order valence-corrected chi connectivity index (χ2v) is 6.78. The van der Waals surface area contributed by atoms with Crippen molar-refractivity contribution in [1.29, 1.82) is 0 Å². The highest BCUT2D eigenvalue weighted by Crippen LogP contribution is 2.26. The summed E-state index contributed by atoms with van der Waals surface area (Å²) in [6, 6.07) is 14.7. The van der Waals surface area contributed by atoms with E-state index >= 15 is 0 Å². The Balaban J connectivity index is 1.63. The predicted octanol–water partition coefficient (Wildman–Crippen LogP) is 3.39. The van der Waals surface area contributed by atoms with Gasteiger partial charge in [-0.3, -0.25) is 4.79 Å². The third-order valence-corrected chi connectivity index (χ3v) is 5.10. The quantitative estimate of drug-likeness (QED) is 0.403. The molecule has 28 heavy (non-hydrogen) atoms. The van der Waals surface area contributed by atoms with E-state index in [1.807, 2.05) is 41.9 Å². The fourth-order valence-electron chi connectivity index (χ4n) is 2.50. The predicted molar refractivity (Wildman–Crippen MR) is 106 cm³/mol. The Hall–Kier alpha value is -3.00. The molecule has 0 bridgehead atoms. The minimum Gasteiger partial charge on any atom is -0.497 e. The summed E-state index contributed by atoms with van der Waals surface area (Å²) in [5, 5.41) is 8.95. The third kappa shape index (κ3) is 4.64. The number of ether oxygens (including phenoxy) is 3. The standard InChI is InChI=1S/C20H21N3O4S/c1-23-19(12-27-14-7-5-4-6-8-14)21-22-20(23)28-13-17(24)16-11-15(25-2)9-10-18(16)26-3/h4-11H,12-13H2,1-3H3. The first-order chi connectivity index (χ1) is 13.6. The van der Waals surface area contributed by atoms with Gasteiger partial charge in [-0.05, 0) is 30.3 Å². The molecular formula is C20H21N3O4S. The van der Waals surface area contributed by atoms with Gasteiger partial charge in [-0.15, -0.1) is 10.2 Å². The van der Waals surface area contributed by atoms with Crippen LogP contribution in [0.25, 0.3) is 0 Å². The Bertz CT molecular complexity index is 944. The van der Waals surface area contributed by atoms with Gasteiger partial charge in [0, 0.05) is 7.05 Å². The van der Waals surface area contributed by atoms with Crippen LogP contribution in [-0.4, -0.2) is 40.5 Å². The molecule has 0 fully saturated rings. The first-order valence-corrected chi connectivity index (χ1v) is 9.55. The summed E-state index contributed by atoms with van der Waals surface area (Å²) in [6.07, 6.45) is 0. The molecule has 0 aliphatic heterocycles. The molecule has 8 heteroatoms. The number of para-hydroxylation sites is 1. The second-order valence-electron chi connectivity index (χ2n) is 5.84. The average Bonchev–Trinajstić information content (AvgIpc) is 3.10. The third-order valence-electron chi connectivity index (χ3n) is 4.08. The summed E-state index contributed by atoms with van der Waals surface area (Å²) < 4.78 is 18.0. The first kappa shape index (κ1) is 19.8. The minimum absolute atomic E-state index is 0.0779. The van der Waals surface area contributed by atoms with Crippen molar-refractivity contribution in [2.75, 3.05) is 20.0 Å². The molecule has 146 valence electrons. The zero-order chi connectivity index (χ0) is 19.9. The van der Waals surface area contributed by atoms with Crippen molar-refractivity contribution >= 4 is 17.5 Å². The van der Waals surface area contributed by atoms with Gasteiger partial charge in [0.2, 0.25) is 0 Å². The maximum atomic E-state index is 12.7. The number of Topliss-reactive ketones (excluding diaryl/α,β-unsaturated/α-hetero) is 1. The largest absolute Gasteiger partial charge is 0.497 e. The Morgan fingerprint density at radius 3 is 2.54 bits per heavy atom. The molecule has 2 aromatic carbocycles. The number of aromatic nitrogens is 3. The van der Waals surface area contributed by atoms with Crippen LogP contribution in [0.15, 0.2) is 53.7 Å². The van der Waals surface area contributed by atoms with Crippen molar-refractivity contribution < 1.29 is 19.0 Å². The fraction of sp³-hybridized carbons (Fsp3) is 0.250. The lowest BCUT2D eigenvalue weighted by atomic mass is 10.1. The molecule has 0 radical (unpaired) electrons. The van der Waals surface area contributed by atoms with Crippen LogP contribution in [0.4, 0.5) is 0 Å². The minimum atomic E-state index is -0.0779. The topological polar surface area (TPSA) is 75.5 Å². The molecular weight excluding hydrogens is 378 g/mol. The Morgan fingerprint density at radius 1 is 1.04 bits per heavy atom. The number of hydrogen-bond donors (Lipinski definition) is 0. The molecule has 1 heterocycles. The average molecular weight is 399 g/mol. The van der Waals surface area contributed by atoms with Gasteiger partial charge in [0.05, 0.1) is 25.5 Å². The summed E-state index contributed by atoms with van der Waals surface area (Å²) in [5.74, 6) is 2.69. The zero-order valence-electron chi connectivity index (χ0n) is 15.9. The molecule has 0 saturated carbocycles. The number of carbonyl (C=O) groups excluding carboxylic acids is 1. The highest BCUT2D eigenvalue weighted by atomic mass is 32.2. The molecule has 0 unspecified atom stereocenters. The van der Waals surface area contributed by atoms with Gasteiger partial charge in [0.15, 0.2) is 16.8 Å². The van der Waals surface area contributed by atoms with Crippen molar-refractivity contribution in [1.82, 2.24) is 14.8 Å². The summed E-state index contributed by atoms with van der Waals surface area (Å²) in [5.41, 5.74) is 0.476. The lowest BCUT2D eigenvalue weighted by Crippen LogP contribution is -2.07. The monoisotopic (exact) mass is 399 g/mol. The number of ketones is 1. The molecule has 0 saturated heterocycles. The van der Waals surface area contributed by atoms with Crippen LogP contribution in [-0.2, 0) is 13.7 Å². The van der Waals surface area contributed by atoms with Gasteiger partial charge in [-0.1, -0.05) is 30.0 Å². The maximum Gasteiger partial charge on any atom is 0.191 e. The van der Waals surface area contributed by atoms with Gasteiger partial charge < -0.3 is 18.8 Å². The van der Waals surface area contributed by atoms with Gasteiger partial charge in [-0.2, -0.15) is 0 Å². The van der Waals surface area contributed by atoms with Crippen molar-refractivity contribution in [2.45, 2.75) is 11.8 Å². The number of methoxy groups -OCH3 is 2. The highest BCUT2D eigenvalue weighted by molar-refractivity contribution is 7.99. The normalized spacial score (nSPS) is 10.5. The summed E-state index contributed by atoms with van der Waals surface area (Å²) in [4.78, 5) is 12.7. The van der Waals surface area contributed by atoms with Crippen molar-refractivity contribution in [2.24, 2.45) is 7.05 Å². The van der Waals surface area contributed by atoms with Crippen molar-refractivity contribution in [3.8, 4) is 17.2 Å². The molecule has 0 N–H and O–H groups in total. The first-order valence-electron chi connectivity index (χ1n) is 8.56. The van der Waals surface area contributed by atoms with Crippen molar-refractivity contribution in [3.63, 3.8) is 0 Å². The Kier molecular flexibility index (Phi) is 6.54. The lowest BCUT2D eigenvalue weighted by molar-refractivity contribution is 0.101. The SMILES string of the molecule is COc1ccc(OC)c(C(=O)CSc2nnc(COc3ccccc3)n2C)c1. The van der Waals surface area contributed by atoms with Gasteiger partial charge in [-0.25, -0.2) is 0 Å². The lowest BCUT2D eigenvalue weighted by Gasteiger charge is -2.09. The number of benzene rings is 2. The fourth-order valence-corrected chi connectivity index (χ4v) is 3.31. The van der Waals surface area contributed by atoms with Gasteiger partial charge in [0.1, 0.15) is 23.9 Å². The summed E-state index contributed by atoms with van der Waals surface area (Å²) in [6.45, 7) is 0.297. The molecule has 0 spiro atoms. The zero-order valence-corrected chi connectivity index (χ0v) is 16.7. The number of nitrogens with zero attached hydrogens (tertiary/aromatic N) is 3. The number of carbonyl (C=O) groups is 1. The molecule has 3 aromatic rings.